The third kappa shape index (κ3) is 4.70. The van der Waals surface area contributed by atoms with Gasteiger partial charge in [0.05, 0.1) is 23.9 Å². The highest BCUT2D eigenvalue weighted by Gasteiger charge is 2.44. The molecule has 1 atom stereocenters. The topological polar surface area (TPSA) is 81.8 Å². The van der Waals surface area contributed by atoms with E-state index in [-0.39, 0.29) is 37.5 Å². The van der Waals surface area contributed by atoms with Gasteiger partial charge in [0, 0.05) is 17.3 Å². The smallest absolute Gasteiger partial charge is 0.322 e. The predicted octanol–water partition coefficient (Wildman–Crippen LogP) is 4.45. The van der Waals surface area contributed by atoms with E-state index in [0.717, 1.165) is 0 Å². The summed E-state index contributed by atoms with van der Waals surface area (Å²) in [5.41, 5.74) is 3.57. The minimum atomic E-state index is -0.647. The molecule has 0 unspecified atom stereocenters. The first-order valence-electron chi connectivity index (χ1n) is 11.1. The molecule has 34 heavy (non-hydrogen) atoms. The Morgan fingerprint density at radius 1 is 1.24 bits per heavy atom. The number of hydrogen-bond acceptors (Lipinski definition) is 3. The normalized spacial score (nSPS) is 17.7. The summed E-state index contributed by atoms with van der Waals surface area (Å²) in [6.45, 7) is 8.21. The van der Waals surface area contributed by atoms with Gasteiger partial charge in [-0.1, -0.05) is 55.8 Å². The van der Waals surface area contributed by atoms with Crippen molar-refractivity contribution < 1.29 is 14.4 Å². The van der Waals surface area contributed by atoms with Crippen LogP contribution in [-0.2, 0) is 9.59 Å². The molecule has 176 valence electrons. The average Bonchev–Trinajstić information content (AvgIpc) is 3.11. The lowest BCUT2D eigenvalue weighted by Crippen LogP contribution is -2.47. The number of nitrogens with one attached hydrogen (secondary N) is 2. The highest BCUT2D eigenvalue weighted by Crippen LogP contribution is 2.36. The van der Waals surface area contributed by atoms with E-state index in [0.29, 0.717) is 33.5 Å². The lowest BCUT2D eigenvalue weighted by Gasteiger charge is -2.33. The Labute approximate surface area is 204 Å². The number of carbonyl (C=O) groups excluding carboxylic acids is 3. The fraction of sp³-hybridized carbons (Fsp3) is 0.269. The highest BCUT2D eigenvalue weighted by molar-refractivity contribution is 6.30. The summed E-state index contributed by atoms with van der Waals surface area (Å²) in [4.78, 5) is 42.0. The molecule has 2 N–H and O–H groups in total. The van der Waals surface area contributed by atoms with Crippen LogP contribution in [0.25, 0.3) is 0 Å². The van der Waals surface area contributed by atoms with Crippen LogP contribution in [0.2, 0.25) is 5.02 Å². The van der Waals surface area contributed by atoms with E-state index in [9.17, 15) is 14.4 Å². The zero-order valence-electron chi connectivity index (χ0n) is 19.2. The standard InChI is InChI=1S/C26H27ClN4O3/c1-4-12-31-21-14-30(15-22(32)28-20-10-8-17(9-11-20)16(2)3)25(33)23(21)24(29-26(31)34)18-6-5-7-19(27)13-18/h4-11,13,16,24H,1,12,14-15H2,2-3H3,(H,28,32)(H,29,34)/t24-/m0/s1. The fourth-order valence-electron chi connectivity index (χ4n) is 4.26. The van der Waals surface area contributed by atoms with Crippen LogP contribution in [0.4, 0.5) is 10.5 Å². The molecule has 2 aliphatic rings. The molecule has 0 spiro atoms. The molecule has 0 radical (unpaired) electrons. The van der Waals surface area contributed by atoms with Crippen molar-refractivity contribution in [2.75, 3.05) is 25.0 Å². The number of anilines is 1. The summed E-state index contributed by atoms with van der Waals surface area (Å²) < 4.78 is 0. The predicted molar refractivity (Wildman–Crippen MR) is 132 cm³/mol. The monoisotopic (exact) mass is 478 g/mol. The van der Waals surface area contributed by atoms with Crippen LogP contribution in [-0.4, -0.2) is 47.3 Å². The van der Waals surface area contributed by atoms with E-state index >= 15 is 0 Å². The molecular weight excluding hydrogens is 452 g/mol. The van der Waals surface area contributed by atoms with Gasteiger partial charge in [-0.25, -0.2) is 4.79 Å². The second kappa shape index (κ2) is 9.73. The number of halogens is 1. The number of urea groups is 1. The molecule has 4 rings (SSSR count). The van der Waals surface area contributed by atoms with E-state index in [1.54, 1.807) is 24.3 Å². The minimum Gasteiger partial charge on any atom is -0.326 e. The summed E-state index contributed by atoms with van der Waals surface area (Å²) in [6, 6.07) is 13.7. The van der Waals surface area contributed by atoms with Crippen molar-refractivity contribution in [2.45, 2.75) is 25.8 Å². The molecule has 0 saturated heterocycles. The van der Waals surface area contributed by atoms with Crippen molar-refractivity contribution in [3.63, 3.8) is 0 Å². The Bertz CT molecular complexity index is 1170. The lowest BCUT2D eigenvalue weighted by atomic mass is 9.95. The van der Waals surface area contributed by atoms with Crippen LogP contribution in [0.1, 0.15) is 36.9 Å². The number of amides is 4. The van der Waals surface area contributed by atoms with E-state index < -0.39 is 6.04 Å². The van der Waals surface area contributed by atoms with Crippen molar-refractivity contribution >= 4 is 35.1 Å². The van der Waals surface area contributed by atoms with Gasteiger partial charge in [-0.05, 0) is 41.3 Å². The number of rotatable bonds is 7. The molecular formula is C26H27ClN4O3. The van der Waals surface area contributed by atoms with Crippen molar-refractivity contribution in [1.82, 2.24) is 15.1 Å². The van der Waals surface area contributed by atoms with Crippen molar-refractivity contribution in [3.8, 4) is 0 Å². The van der Waals surface area contributed by atoms with Crippen molar-refractivity contribution in [2.24, 2.45) is 0 Å². The van der Waals surface area contributed by atoms with Gasteiger partial charge < -0.3 is 15.5 Å². The van der Waals surface area contributed by atoms with Crippen LogP contribution in [0.3, 0.4) is 0 Å². The van der Waals surface area contributed by atoms with Gasteiger partial charge in [0.15, 0.2) is 0 Å². The van der Waals surface area contributed by atoms with Crippen LogP contribution in [0.15, 0.2) is 72.5 Å². The van der Waals surface area contributed by atoms with Crippen molar-refractivity contribution in [1.29, 1.82) is 0 Å². The molecule has 2 aromatic rings. The van der Waals surface area contributed by atoms with Crippen LogP contribution < -0.4 is 10.6 Å². The van der Waals surface area contributed by atoms with Crippen LogP contribution >= 0.6 is 11.6 Å². The van der Waals surface area contributed by atoms with Gasteiger partial charge in [0.1, 0.15) is 6.54 Å². The first-order valence-corrected chi connectivity index (χ1v) is 11.5. The molecule has 2 aliphatic heterocycles. The minimum absolute atomic E-state index is 0.129. The Kier molecular flexibility index (Phi) is 6.75. The molecule has 4 amide bonds. The molecule has 0 aliphatic carbocycles. The highest BCUT2D eigenvalue weighted by atomic mass is 35.5. The van der Waals surface area contributed by atoms with E-state index in [2.05, 4.69) is 31.1 Å². The van der Waals surface area contributed by atoms with Gasteiger partial charge in [-0.2, -0.15) is 0 Å². The molecule has 8 heteroatoms. The summed E-state index contributed by atoms with van der Waals surface area (Å²) in [5, 5.41) is 6.26. The molecule has 7 nitrogen and oxygen atoms in total. The van der Waals surface area contributed by atoms with E-state index in [1.807, 2.05) is 30.3 Å². The zero-order valence-corrected chi connectivity index (χ0v) is 19.9. The number of hydrogen-bond donors (Lipinski definition) is 2. The molecule has 2 heterocycles. The molecule has 0 bridgehead atoms. The van der Waals surface area contributed by atoms with Gasteiger partial charge in [0.2, 0.25) is 5.91 Å². The molecule has 0 fully saturated rings. The Morgan fingerprint density at radius 2 is 1.97 bits per heavy atom. The third-order valence-electron chi connectivity index (χ3n) is 5.99. The van der Waals surface area contributed by atoms with E-state index in [4.69, 9.17) is 11.6 Å². The molecule has 0 saturated carbocycles. The lowest BCUT2D eigenvalue weighted by molar-refractivity contribution is -0.130. The zero-order chi connectivity index (χ0) is 24.4. The number of benzene rings is 2. The fourth-order valence-corrected chi connectivity index (χ4v) is 4.46. The van der Waals surface area contributed by atoms with Crippen LogP contribution in [0, 0.1) is 0 Å². The maximum Gasteiger partial charge on any atom is 0.322 e. The summed E-state index contributed by atoms with van der Waals surface area (Å²) in [5.74, 6) is -0.203. The summed E-state index contributed by atoms with van der Waals surface area (Å²) in [6.07, 6.45) is 1.60. The Balaban J connectivity index is 1.55. The quantitative estimate of drug-likeness (QED) is 0.577. The van der Waals surface area contributed by atoms with E-state index in [1.165, 1.54) is 15.4 Å². The Hall–Kier alpha value is -3.58. The average molecular weight is 479 g/mol. The number of carbonyl (C=O) groups is 3. The Morgan fingerprint density at radius 3 is 2.62 bits per heavy atom. The van der Waals surface area contributed by atoms with Crippen LogP contribution in [0.5, 0.6) is 0 Å². The number of nitrogens with zero attached hydrogens (tertiary/aromatic N) is 2. The summed E-state index contributed by atoms with van der Waals surface area (Å²) in [7, 11) is 0. The second-order valence-electron chi connectivity index (χ2n) is 8.68. The van der Waals surface area contributed by atoms with Gasteiger partial charge in [0.25, 0.3) is 5.91 Å². The molecule has 0 aromatic heterocycles. The van der Waals surface area contributed by atoms with Gasteiger partial charge >= 0.3 is 6.03 Å². The maximum absolute atomic E-state index is 13.4. The SMILES string of the molecule is C=CCN1C(=O)N[C@@H](c2cccc(Cl)c2)C2=C1CN(CC(=O)Nc1ccc(C(C)C)cc1)C2=O. The first-order chi connectivity index (χ1) is 16.3. The van der Waals surface area contributed by atoms with Gasteiger partial charge in [-0.15, -0.1) is 6.58 Å². The first kappa shape index (κ1) is 23.6. The summed E-state index contributed by atoms with van der Waals surface area (Å²) >= 11 is 6.16. The second-order valence-corrected chi connectivity index (χ2v) is 9.12. The van der Waals surface area contributed by atoms with Gasteiger partial charge in [-0.3, -0.25) is 14.5 Å². The largest absolute Gasteiger partial charge is 0.326 e. The van der Waals surface area contributed by atoms with Crippen molar-refractivity contribution in [3.05, 3.63) is 88.6 Å². The third-order valence-corrected chi connectivity index (χ3v) is 6.22. The maximum atomic E-state index is 13.4. The molecule has 2 aromatic carbocycles.